The van der Waals surface area contributed by atoms with Gasteiger partial charge in [-0.2, -0.15) is 0 Å². The molecular formula is C10H16N4. The lowest BCUT2D eigenvalue weighted by Crippen LogP contribution is -2.30. The van der Waals surface area contributed by atoms with Crippen molar-refractivity contribution >= 4 is 0 Å². The van der Waals surface area contributed by atoms with Crippen molar-refractivity contribution in [3.8, 4) is 0 Å². The number of rotatable bonds is 3. The third-order valence-corrected chi connectivity index (χ3v) is 2.47. The first-order valence-electron chi connectivity index (χ1n) is 5.07. The third kappa shape index (κ3) is 2.49. The van der Waals surface area contributed by atoms with E-state index in [1.807, 2.05) is 19.2 Å². The van der Waals surface area contributed by atoms with E-state index in [0.717, 1.165) is 31.2 Å². The number of aromatic nitrogens is 2. The molecule has 76 valence electrons. The Morgan fingerprint density at radius 2 is 2.57 bits per heavy atom. The number of aryl methyl sites for hydroxylation is 1. The van der Waals surface area contributed by atoms with Gasteiger partial charge >= 0.3 is 0 Å². The van der Waals surface area contributed by atoms with Gasteiger partial charge in [0.15, 0.2) is 0 Å². The Bertz CT molecular complexity index is 294. The molecule has 1 aromatic heterocycles. The maximum atomic E-state index is 4.34. The summed E-state index contributed by atoms with van der Waals surface area (Å²) in [6.07, 6.45) is 3.02. The molecule has 1 atom stereocenters. The Hall–Kier alpha value is -1.00. The van der Waals surface area contributed by atoms with Crippen LogP contribution < -0.4 is 10.6 Å². The molecule has 0 aliphatic carbocycles. The van der Waals surface area contributed by atoms with Crippen LogP contribution in [0.3, 0.4) is 0 Å². The number of hydrogen-bond acceptors (Lipinski definition) is 4. The van der Waals surface area contributed by atoms with Gasteiger partial charge < -0.3 is 10.6 Å². The van der Waals surface area contributed by atoms with E-state index in [0.29, 0.717) is 6.04 Å². The fourth-order valence-electron chi connectivity index (χ4n) is 1.68. The van der Waals surface area contributed by atoms with E-state index in [1.165, 1.54) is 6.42 Å². The van der Waals surface area contributed by atoms with Crippen molar-refractivity contribution < 1.29 is 0 Å². The molecule has 0 saturated carbocycles. The third-order valence-electron chi connectivity index (χ3n) is 2.47. The molecule has 2 N–H and O–H groups in total. The number of hydrogen-bond donors (Lipinski definition) is 2. The van der Waals surface area contributed by atoms with Crippen molar-refractivity contribution in [2.24, 2.45) is 0 Å². The van der Waals surface area contributed by atoms with Crippen molar-refractivity contribution in [2.75, 3.05) is 13.1 Å². The molecule has 0 aromatic carbocycles. The van der Waals surface area contributed by atoms with Crippen molar-refractivity contribution in [1.29, 1.82) is 0 Å². The second-order valence-corrected chi connectivity index (χ2v) is 3.67. The molecule has 4 nitrogen and oxygen atoms in total. The van der Waals surface area contributed by atoms with Crippen LogP contribution in [-0.2, 0) is 6.54 Å². The Morgan fingerprint density at radius 3 is 3.29 bits per heavy atom. The van der Waals surface area contributed by atoms with Gasteiger partial charge in [-0.05, 0) is 26.0 Å². The van der Waals surface area contributed by atoms with Crippen LogP contribution in [0.1, 0.15) is 17.9 Å². The normalized spacial score (nSPS) is 21.4. The quantitative estimate of drug-likeness (QED) is 0.720. The molecule has 1 aliphatic heterocycles. The van der Waals surface area contributed by atoms with Gasteiger partial charge in [0.25, 0.3) is 0 Å². The zero-order valence-electron chi connectivity index (χ0n) is 8.45. The highest BCUT2D eigenvalue weighted by Crippen LogP contribution is 2.00. The lowest BCUT2D eigenvalue weighted by molar-refractivity contribution is 0.540. The summed E-state index contributed by atoms with van der Waals surface area (Å²) in [5, 5.41) is 6.80. The number of nitrogens with zero attached hydrogens (tertiary/aromatic N) is 2. The topological polar surface area (TPSA) is 49.8 Å². The van der Waals surface area contributed by atoms with E-state index in [9.17, 15) is 0 Å². The van der Waals surface area contributed by atoms with Gasteiger partial charge in [0.05, 0.1) is 5.69 Å². The molecule has 0 amide bonds. The smallest absolute Gasteiger partial charge is 0.125 e. The molecule has 2 rings (SSSR count). The average Bonchev–Trinajstić information content (AvgIpc) is 2.67. The van der Waals surface area contributed by atoms with Gasteiger partial charge in [-0.15, -0.1) is 0 Å². The van der Waals surface area contributed by atoms with Crippen LogP contribution in [0.5, 0.6) is 0 Å². The Morgan fingerprint density at radius 1 is 1.64 bits per heavy atom. The van der Waals surface area contributed by atoms with Gasteiger partial charge in [-0.25, -0.2) is 9.97 Å². The largest absolute Gasteiger partial charge is 0.315 e. The predicted octanol–water partition coefficient (Wildman–Crippen LogP) is 0.237. The Balaban J connectivity index is 1.85. The van der Waals surface area contributed by atoms with Gasteiger partial charge in [0.2, 0.25) is 0 Å². The van der Waals surface area contributed by atoms with E-state index >= 15 is 0 Å². The van der Waals surface area contributed by atoms with E-state index < -0.39 is 0 Å². The molecule has 1 aromatic rings. The summed E-state index contributed by atoms with van der Waals surface area (Å²) in [4.78, 5) is 8.41. The number of nitrogens with one attached hydrogen (secondary N) is 2. The molecular weight excluding hydrogens is 176 g/mol. The zero-order chi connectivity index (χ0) is 9.80. The lowest BCUT2D eigenvalue weighted by atomic mass is 10.2. The molecule has 1 unspecified atom stereocenters. The van der Waals surface area contributed by atoms with E-state index in [1.54, 1.807) is 0 Å². The van der Waals surface area contributed by atoms with E-state index in [-0.39, 0.29) is 0 Å². The first-order valence-corrected chi connectivity index (χ1v) is 5.07. The molecule has 2 heterocycles. The van der Waals surface area contributed by atoms with Gasteiger partial charge in [-0.3, -0.25) is 0 Å². The van der Waals surface area contributed by atoms with Crippen LogP contribution in [0, 0.1) is 6.92 Å². The minimum absolute atomic E-state index is 0.602. The second kappa shape index (κ2) is 4.48. The molecule has 0 spiro atoms. The van der Waals surface area contributed by atoms with Crippen LogP contribution >= 0.6 is 0 Å². The highest BCUT2D eigenvalue weighted by atomic mass is 15.0. The van der Waals surface area contributed by atoms with E-state index in [4.69, 9.17) is 0 Å². The minimum atomic E-state index is 0.602. The monoisotopic (exact) mass is 192 g/mol. The molecule has 1 saturated heterocycles. The highest BCUT2D eigenvalue weighted by Gasteiger charge is 2.13. The fraction of sp³-hybridized carbons (Fsp3) is 0.600. The van der Waals surface area contributed by atoms with Gasteiger partial charge in [0.1, 0.15) is 5.82 Å². The van der Waals surface area contributed by atoms with Crippen LogP contribution in [0.25, 0.3) is 0 Å². The summed E-state index contributed by atoms with van der Waals surface area (Å²) in [6.45, 7) is 4.96. The molecule has 1 aliphatic rings. The van der Waals surface area contributed by atoms with Gasteiger partial charge in [-0.1, -0.05) is 0 Å². The summed E-state index contributed by atoms with van der Waals surface area (Å²) in [5.41, 5.74) is 1.07. The summed E-state index contributed by atoms with van der Waals surface area (Å²) >= 11 is 0. The zero-order valence-corrected chi connectivity index (χ0v) is 8.45. The standard InChI is InChI=1S/C10H16N4/c1-8-12-5-3-10(14-8)7-13-9-2-4-11-6-9/h3,5,9,11,13H,2,4,6-7H2,1H3. The maximum Gasteiger partial charge on any atom is 0.125 e. The highest BCUT2D eigenvalue weighted by molar-refractivity contribution is 5.01. The van der Waals surface area contributed by atoms with E-state index in [2.05, 4.69) is 20.6 Å². The maximum absolute atomic E-state index is 4.34. The summed E-state index contributed by atoms with van der Waals surface area (Å²) in [6, 6.07) is 2.56. The summed E-state index contributed by atoms with van der Waals surface area (Å²) in [7, 11) is 0. The van der Waals surface area contributed by atoms with Crippen molar-refractivity contribution in [3.05, 3.63) is 23.8 Å². The second-order valence-electron chi connectivity index (χ2n) is 3.67. The first kappa shape index (κ1) is 9.55. The predicted molar refractivity (Wildman–Crippen MR) is 54.9 cm³/mol. The molecule has 1 fully saturated rings. The van der Waals surface area contributed by atoms with Crippen LogP contribution in [0.2, 0.25) is 0 Å². The van der Waals surface area contributed by atoms with Crippen molar-refractivity contribution in [1.82, 2.24) is 20.6 Å². The fourth-order valence-corrected chi connectivity index (χ4v) is 1.68. The Labute approximate surface area is 84.2 Å². The van der Waals surface area contributed by atoms with Crippen LogP contribution in [-0.4, -0.2) is 29.1 Å². The van der Waals surface area contributed by atoms with Crippen LogP contribution in [0.15, 0.2) is 12.3 Å². The van der Waals surface area contributed by atoms with Crippen molar-refractivity contribution in [2.45, 2.75) is 25.9 Å². The van der Waals surface area contributed by atoms with Gasteiger partial charge in [0, 0.05) is 25.3 Å². The molecule has 14 heavy (non-hydrogen) atoms. The summed E-state index contributed by atoms with van der Waals surface area (Å²) < 4.78 is 0. The molecule has 0 radical (unpaired) electrons. The van der Waals surface area contributed by atoms with Crippen molar-refractivity contribution in [3.63, 3.8) is 0 Å². The lowest BCUT2D eigenvalue weighted by Gasteiger charge is -2.10. The SMILES string of the molecule is Cc1nccc(CNC2CCNC2)n1. The minimum Gasteiger partial charge on any atom is -0.315 e. The average molecular weight is 192 g/mol. The molecule has 0 bridgehead atoms. The Kier molecular flexibility index (Phi) is 3.06. The summed E-state index contributed by atoms with van der Waals surface area (Å²) in [5.74, 6) is 0.842. The molecule has 4 heteroatoms. The van der Waals surface area contributed by atoms with Crippen LogP contribution in [0.4, 0.5) is 0 Å². The first-order chi connectivity index (χ1) is 6.84.